The number of H-pyrrole nitrogens is 1. The molecule has 2 aliphatic heterocycles. The summed E-state index contributed by atoms with van der Waals surface area (Å²) in [6.07, 6.45) is 3.46. The van der Waals surface area contributed by atoms with Gasteiger partial charge in [0.2, 0.25) is 0 Å². The third-order valence-corrected chi connectivity index (χ3v) is 5.12. The molecule has 0 bridgehead atoms. The van der Waals surface area contributed by atoms with Gasteiger partial charge in [-0.3, -0.25) is 9.89 Å². The third-order valence-electron chi connectivity index (χ3n) is 5.12. The lowest BCUT2D eigenvalue weighted by Gasteiger charge is -2.38. The predicted octanol–water partition coefficient (Wildman–Crippen LogP) is 2.20. The molecule has 2 saturated heterocycles. The number of carbonyl (C=O) groups is 1. The van der Waals surface area contributed by atoms with Crippen LogP contribution in [-0.2, 0) is 0 Å². The quantitative estimate of drug-likeness (QED) is 0.847. The van der Waals surface area contributed by atoms with Gasteiger partial charge >= 0.3 is 0 Å². The van der Waals surface area contributed by atoms with Gasteiger partial charge in [-0.25, -0.2) is 0 Å². The number of carbonyl (C=O) groups excluding carboxylic acids is 1. The van der Waals surface area contributed by atoms with E-state index in [1.54, 1.807) is 0 Å². The number of halogens is 1. The molecule has 22 heavy (non-hydrogen) atoms. The van der Waals surface area contributed by atoms with Gasteiger partial charge in [0.05, 0.1) is 5.52 Å². The van der Waals surface area contributed by atoms with Crippen LogP contribution in [0.4, 0.5) is 0 Å². The van der Waals surface area contributed by atoms with Gasteiger partial charge in [-0.05, 0) is 37.3 Å². The van der Waals surface area contributed by atoms with Crippen LogP contribution < -0.4 is 5.32 Å². The number of piperidine rings is 1. The molecular formula is C16H21ClN4O. The average molecular weight is 321 g/mol. The van der Waals surface area contributed by atoms with Crippen molar-refractivity contribution in [2.75, 3.05) is 26.2 Å². The van der Waals surface area contributed by atoms with Crippen LogP contribution in [0.15, 0.2) is 24.3 Å². The van der Waals surface area contributed by atoms with E-state index in [2.05, 4.69) is 15.5 Å². The minimum Gasteiger partial charge on any atom is -0.337 e. The molecule has 2 fully saturated rings. The standard InChI is InChI=1S/C16H20N4O.ClH/c21-15(14-12-3-1-2-4-13(12)18-19-14)20-9-6-16(7-10-20)5-8-17-11-16;/h1-4,17H,5-11H2,(H,18,19);1H. The molecule has 1 spiro atoms. The number of fused-ring (bicyclic) bond motifs is 1. The summed E-state index contributed by atoms with van der Waals surface area (Å²) < 4.78 is 0. The number of nitrogens with one attached hydrogen (secondary N) is 2. The lowest BCUT2D eigenvalue weighted by molar-refractivity contribution is 0.0604. The average Bonchev–Trinajstić information content (AvgIpc) is 3.15. The van der Waals surface area contributed by atoms with E-state index in [0.29, 0.717) is 11.1 Å². The zero-order valence-electron chi connectivity index (χ0n) is 12.5. The summed E-state index contributed by atoms with van der Waals surface area (Å²) >= 11 is 0. The van der Waals surface area contributed by atoms with Crippen molar-refractivity contribution in [2.24, 2.45) is 5.41 Å². The van der Waals surface area contributed by atoms with Gasteiger partial charge in [-0.15, -0.1) is 12.4 Å². The molecule has 0 saturated carbocycles. The van der Waals surface area contributed by atoms with Gasteiger partial charge in [0, 0.05) is 25.0 Å². The smallest absolute Gasteiger partial charge is 0.274 e. The van der Waals surface area contributed by atoms with Crippen LogP contribution in [-0.4, -0.2) is 47.2 Å². The minimum atomic E-state index is 0. The maximum atomic E-state index is 12.7. The Hall–Kier alpha value is -1.59. The van der Waals surface area contributed by atoms with E-state index in [1.807, 2.05) is 29.2 Å². The number of hydrogen-bond donors (Lipinski definition) is 2. The maximum Gasteiger partial charge on any atom is 0.274 e. The summed E-state index contributed by atoms with van der Waals surface area (Å²) in [6.45, 7) is 3.93. The van der Waals surface area contributed by atoms with Crippen molar-refractivity contribution in [1.29, 1.82) is 0 Å². The molecule has 0 radical (unpaired) electrons. The first kappa shape index (κ1) is 15.3. The molecule has 2 N–H and O–H groups in total. The Balaban J connectivity index is 0.00000144. The Labute approximate surface area is 135 Å². The highest BCUT2D eigenvalue weighted by Crippen LogP contribution is 2.37. The van der Waals surface area contributed by atoms with Crippen LogP contribution in [0.1, 0.15) is 29.8 Å². The molecule has 0 aliphatic carbocycles. The second-order valence-corrected chi connectivity index (χ2v) is 6.34. The van der Waals surface area contributed by atoms with E-state index < -0.39 is 0 Å². The zero-order valence-corrected chi connectivity index (χ0v) is 13.3. The highest BCUT2D eigenvalue weighted by molar-refractivity contribution is 6.04. The molecule has 118 valence electrons. The topological polar surface area (TPSA) is 61.0 Å². The molecule has 1 aromatic heterocycles. The molecule has 2 aliphatic rings. The fraction of sp³-hybridized carbons (Fsp3) is 0.500. The predicted molar refractivity (Wildman–Crippen MR) is 88.4 cm³/mol. The molecule has 5 nitrogen and oxygen atoms in total. The molecule has 3 heterocycles. The van der Waals surface area contributed by atoms with Crippen molar-refractivity contribution in [1.82, 2.24) is 20.4 Å². The second-order valence-electron chi connectivity index (χ2n) is 6.34. The SMILES string of the molecule is Cl.O=C(c1n[nH]c2ccccc12)N1CCC2(CCNC2)CC1. The van der Waals surface area contributed by atoms with Gasteiger partial charge in [-0.1, -0.05) is 18.2 Å². The highest BCUT2D eigenvalue weighted by atomic mass is 35.5. The van der Waals surface area contributed by atoms with Crippen LogP contribution in [0.25, 0.3) is 10.9 Å². The summed E-state index contributed by atoms with van der Waals surface area (Å²) in [6, 6.07) is 7.81. The zero-order chi connectivity index (χ0) is 14.3. The number of hydrogen-bond acceptors (Lipinski definition) is 3. The van der Waals surface area contributed by atoms with Crippen LogP contribution >= 0.6 is 12.4 Å². The van der Waals surface area contributed by atoms with Crippen LogP contribution in [0.3, 0.4) is 0 Å². The Morgan fingerprint density at radius 1 is 1.18 bits per heavy atom. The van der Waals surface area contributed by atoms with E-state index in [9.17, 15) is 4.79 Å². The van der Waals surface area contributed by atoms with Gasteiger partial charge in [0.1, 0.15) is 0 Å². The Bertz CT molecular complexity index is 668. The lowest BCUT2D eigenvalue weighted by Crippen LogP contribution is -2.44. The minimum absolute atomic E-state index is 0. The molecule has 1 amide bonds. The van der Waals surface area contributed by atoms with Crippen molar-refractivity contribution in [2.45, 2.75) is 19.3 Å². The molecule has 4 rings (SSSR count). The molecule has 0 atom stereocenters. The first-order valence-corrected chi connectivity index (χ1v) is 7.71. The van der Waals surface area contributed by atoms with E-state index in [4.69, 9.17) is 0 Å². The fourth-order valence-electron chi connectivity index (χ4n) is 3.68. The number of aromatic nitrogens is 2. The van der Waals surface area contributed by atoms with Crippen LogP contribution in [0.5, 0.6) is 0 Å². The first-order valence-electron chi connectivity index (χ1n) is 7.71. The number of nitrogens with zero attached hydrogens (tertiary/aromatic N) is 2. The van der Waals surface area contributed by atoms with E-state index >= 15 is 0 Å². The molecule has 2 aromatic rings. The normalized spacial score (nSPS) is 20.3. The number of para-hydroxylation sites is 1. The summed E-state index contributed by atoms with van der Waals surface area (Å²) in [7, 11) is 0. The van der Waals surface area contributed by atoms with Crippen molar-refractivity contribution in [3.05, 3.63) is 30.0 Å². The van der Waals surface area contributed by atoms with Crippen LogP contribution in [0.2, 0.25) is 0 Å². The second kappa shape index (κ2) is 5.89. The Kier molecular flexibility index (Phi) is 4.10. The molecular weight excluding hydrogens is 300 g/mol. The monoisotopic (exact) mass is 320 g/mol. The molecule has 0 unspecified atom stereocenters. The largest absolute Gasteiger partial charge is 0.337 e. The summed E-state index contributed by atoms with van der Waals surface area (Å²) in [5.74, 6) is 0.0632. The van der Waals surface area contributed by atoms with Crippen molar-refractivity contribution < 1.29 is 4.79 Å². The maximum absolute atomic E-state index is 12.7. The van der Waals surface area contributed by atoms with Gasteiger partial charge in [-0.2, -0.15) is 5.10 Å². The third kappa shape index (κ3) is 2.48. The Morgan fingerprint density at radius 3 is 2.68 bits per heavy atom. The van der Waals surface area contributed by atoms with E-state index in [-0.39, 0.29) is 18.3 Å². The van der Waals surface area contributed by atoms with Gasteiger partial charge in [0.25, 0.3) is 5.91 Å². The van der Waals surface area contributed by atoms with Gasteiger partial charge in [0.15, 0.2) is 5.69 Å². The highest BCUT2D eigenvalue weighted by Gasteiger charge is 2.38. The number of benzene rings is 1. The first-order chi connectivity index (χ1) is 10.3. The number of likely N-dealkylation sites (tertiary alicyclic amines) is 1. The summed E-state index contributed by atoms with van der Waals surface area (Å²) in [5.41, 5.74) is 1.92. The number of amides is 1. The summed E-state index contributed by atoms with van der Waals surface area (Å²) in [4.78, 5) is 14.7. The van der Waals surface area contributed by atoms with E-state index in [0.717, 1.165) is 49.9 Å². The van der Waals surface area contributed by atoms with E-state index in [1.165, 1.54) is 6.42 Å². The Morgan fingerprint density at radius 2 is 1.95 bits per heavy atom. The number of aromatic amines is 1. The van der Waals surface area contributed by atoms with Crippen molar-refractivity contribution in [3.8, 4) is 0 Å². The van der Waals surface area contributed by atoms with Crippen molar-refractivity contribution >= 4 is 29.2 Å². The lowest BCUT2D eigenvalue weighted by atomic mass is 9.78. The number of rotatable bonds is 1. The molecule has 6 heteroatoms. The summed E-state index contributed by atoms with van der Waals surface area (Å²) in [5, 5.41) is 11.6. The van der Waals surface area contributed by atoms with Gasteiger partial charge < -0.3 is 10.2 Å². The molecule has 1 aromatic carbocycles. The fourth-order valence-corrected chi connectivity index (χ4v) is 3.68. The van der Waals surface area contributed by atoms with Crippen molar-refractivity contribution in [3.63, 3.8) is 0 Å². The van der Waals surface area contributed by atoms with Crippen LogP contribution in [0, 0.1) is 5.41 Å².